The molecule has 0 aromatic heterocycles. The summed E-state index contributed by atoms with van der Waals surface area (Å²) < 4.78 is 0. The molecular formula is C18H28N2. The first-order valence-electron chi connectivity index (χ1n) is 8.37. The van der Waals surface area contributed by atoms with E-state index in [1.165, 1.54) is 51.6 Å². The van der Waals surface area contributed by atoms with Crippen molar-refractivity contribution in [1.82, 2.24) is 4.90 Å². The normalized spacial score (nSPS) is 32.1. The van der Waals surface area contributed by atoms with Crippen LogP contribution in [0.3, 0.4) is 0 Å². The molecule has 20 heavy (non-hydrogen) atoms. The molecule has 1 heterocycles. The van der Waals surface area contributed by atoms with Crippen molar-refractivity contribution in [3.05, 3.63) is 35.9 Å². The zero-order valence-electron chi connectivity index (χ0n) is 12.5. The maximum Gasteiger partial charge on any atom is 0.0164 e. The van der Waals surface area contributed by atoms with Gasteiger partial charge in [0.15, 0.2) is 0 Å². The highest BCUT2D eigenvalue weighted by molar-refractivity contribution is 5.22. The van der Waals surface area contributed by atoms with Crippen molar-refractivity contribution in [3.8, 4) is 0 Å². The Hall–Kier alpha value is -0.860. The Morgan fingerprint density at radius 1 is 1.00 bits per heavy atom. The number of hydrogen-bond acceptors (Lipinski definition) is 2. The van der Waals surface area contributed by atoms with Gasteiger partial charge in [-0.05, 0) is 56.2 Å². The number of nitrogens with two attached hydrogens (primary N) is 1. The van der Waals surface area contributed by atoms with Crippen LogP contribution in [0.25, 0.3) is 0 Å². The molecule has 110 valence electrons. The third-order valence-corrected chi connectivity index (χ3v) is 5.31. The third kappa shape index (κ3) is 3.07. The standard InChI is InChI=1S/C18H28N2/c19-13-15-7-6-12-20(14-15)18-11-5-4-10-17(18)16-8-2-1-3-9-16/h1-3,8-9,15,17-18H,4-7,10-14,19H2. The molecule has 1 aliphatic heterocycles. The second-order valence-corrected chi connectivity index (χ2v) is 6.61. The average molecular weight is 272 g/mol. The molecule has 1 aromatic carbocycles. The van der Waals surface area contributed by atoms with Gasteiger partial charge in [-0.1, -0.05) is 43.2 Å². The molecule has 0 bridgehead atoms. The van der Waals surface area contributed by atoms with Gasteiger partial charge in [0.1, 0.15) is 0 Å². The zero-order valence-corrected chi connectivity index (χ0v) is 12.5. The minimum Gasteiger partial charge on any atom is -0.330 e. The maximum atomic E-state index is 5.91. The summed E-state index contributed by atoms with van der Waals surface area (Å²) in [6.07, 6.45) is 8.19. The maximum absolute atomic E-state index is 5.91. The van der Waals surface area contributed by atoms with Gasteiger partial charge in [0.05, 0.1) is 0 Å². The Bertz CT molecular complexity index is 403. The van der Waals surface area contributed by atoms with Crippen LogP contribution in [0.5, 0.6) is 0 Å². The van der Waals surface area contributed by atoms with Gasteiger partial charge in [-0.15, -0.1) is 0 Å². The van der Waals surface area contributed by atoms with Crippen LogP contribution in [0.15, 0.2) is 30.3 Å². The van der Waals surface area contributed by atoms with E-state index in [4.69, 9.17) is 5.73 Å². The molecule has 3 unspecified atom stereocenters. The first-order valence-corrected chi connectivity index (χ1v) is 8.37. The molecular weight excluding hydrogens is 244 g/mol. The average Bonchev–Trinajstić information content (AvgIpc) is 2.56. The van der Waals surface area contributed by atoms with Gasteiger partial charge in [-0.2, -0.15) is 0 Å². The van der Waals surface area contributed by atoms with Crippen LogP contribution in [0.1, 0.15) is 50.0 Å². The van der Waals surface area contributed by atoms with Gasteiger partial charge in [0, 0.05) is 12.6 Å². The van der Waals surface area contributed by atoms with Crippen molar-refractivity contribution in [2.45, 2.75) is 50.5 Å². The number of rotatable bonds is 3. The molecule has 2 N–H and O–H groups in total. The fourth-order valence-electron chi connectivity index (χ4n) is 4.23. The summed E-state index contributed by atoms with van der Waals surface area (Å²) in [5.41, 5.74) is 7.46. The summed E-state index contributed by atoms with van der Waals surface area (Å²) in [5, 5.41) is 0. The predicted octanol–water partition coefficient (Wildman–Crippen LogP) is 3.38. The first kappa shape index (κ1) is 14.1. The van der Waals surface area contributed by atoms with Crippen LogP contribution in [0.2, 0.25) is 0 Å². The van der Waals surface area contributed by atoms with E-state index in [0.29, 0.717) is 0 Å². The summed E-state index contributed by atoms with van der Waals surface area (Å²) in [5.74, 6) is 1.46. The molecule has 2 nitrogen and oxygen atoms in total. The lowest BCUT2D eigenvalue weighted by molar-refractivity contribution is 0.0867. The van der Waals surface area contributed by atoms with E-state index >= 15 is 0 Å². The van der Waals surface area contributed by atoms with Gasteiger partial charge < -0.3 is 5.73 Å². The number of piperidine rings is 1. The van der Waals surface area contributed by atoms with E-state index in [1.807, 2.05) is 0 Å². The lowest BCUT2D eigenvalue weighted by Gasteiger charge is -2.44. The van der Waals surface area contributed by atoms with Crippen molar-refractivity contribution in [2.75, 3.05) is 19.6 Å². The van der Waals surface area contributed by atoms with Crippen molar-refractivity contribution in [1.29, 1.82) is 0 Å². The van der Waals surface area contributed by atoms with Crippen LogP contribution in [-0.4, -0.2) is 30.6 Å². The Balaban J connectivity index is 1.75. The molecule has 1 saturated heterocycles. The SMILES string of the molecule is NCC1CCCN(C2CCCCC2c2ccccc2)C1. The van der Waals surface area contributed by atoms with E-state index in [2.05, 4.69) is 35.2 Å². The second kappa shape index (κ2) is 6.73. The molecule has 3 atom stereocenters. The van der Waals surface area contributed by atoms with Crippen molar-refractivity contribution in [3.63, 3.8) is 0 Å². The highest BCUT2D eigenvalue weighted by atomic mass is 15.2. The molecule has 1 saturated carbocycles. The van der Waals surface area contributed by atoms with Gasteiger partial charge in [0.2, 0.25) is 0 Å². The van der Waals surface area contributed by atoms with E-state index in [-0.39, 0.29) is 0 Å². The predicted molar refractivity (Wildman–Crippen MR) is 84.8 cm³/mol. The Kier molecular flexibility index (Phi) is 4.74. The summed E-state index contributed by atoms with van der Waals surface area (Å²) in [6.45, 7) is 3.37. The largest absolute Gasteiger partial charge is 0.330 e. The van der Waals surface area contributed by atoms with E-state index in [9.17, 15) is 0 Å². The molecule has 2 aliphatic rings. The Morgan fingerprint density at radius 2 is 1.80 bits per heavy atom. The Labute approximate surface area is 123 Å². The minimum absolute atomic E-state index is 0.724. The molecule has 3 rings (SSSR count). The molecule has 0 amide bonds. The zero-order chi connectivity index (χ0) is 13.8. The fraction of sp³-hybridized carbons (Fsp3) is 0.667. The van der Waals surface area contributed by atoms with Crippen molar-refractivity contribution in [2.24, 2.45) is 11.7 Å². The second-order valence-electron chi connectivity index (χ2n) is 6.61. The van der Waals surface area contributed by atoms with E-state index < -0.39 is 0 Å². The fourth-order valence-corrected chi connectivity index (χ4v) is 4.23. The van der Waals surface area contributed by atoms with Crippen LogP contribution < -0.4 is 5.73 Å². The molecule has 1 aromatic rings. The summed E-state index contributed by atoms with van der Waals surface area (Å²) >= 11 is 0. The highest BCUT2D eigenvalue weighted by Crippen LogP contribution is 2.37. The van der Waals surface area contributed by atoms with E-state index in [0.717, 1.165) is 24.4 Å². The molecule has 2 heteroatoms. The number of benzene rings is 1. The quantitative estimate of drug-likeness (QED) is 0.914. The Morgan fingerprint density at radius 3 is 2.60 bits per heavy atom. The van der Waals surface area contributed by atoms with Gasteiger partial charge in [-0.25, -0.2) is 0 Å². The molecule has 0 spiro atoms. The number of hydrogen-bond donors (Lipinski definition) is 1. The van der Waals surface area contributed by atoms with Crippen molar-refractivity contribution < 1.29 is 0 Å². The lowest BCUT2D eigenvalue weighted by Crippen LogP contribution is -2.47. The van der Waals surface area contributed by atoms with Gasteiger partial charge in [-0.3, -0.25) is 4.90 Å². The first-order chi connectivity index (χ1) is 9.88. The number of nitrogens with zero attached hydrogens (tertiary/aromatic N) is 1. The van der Waals surface area contributed by atoms with Crippen LogP contribution in [0.4, 0.5) is 0 Å². The third-order valence-electron chi connectivity index (χ3n) is 5.31. The lowest BCUT2D eigenvalue weighted by atomic mass is 9.78. The minimum atomic E-state index is 0.724. The summed E-state index contributed by atoms with van der Waals surface area (Å²) in [7, 11) is 0. The van der Waals surface area contributed by atoms with E-state index in [1.54, 1.807) is 5.56 Å². The topological polar surface area (TPSA) is 29.3 Å². The van der Waals surface area contributed by atoms with Gasteiger partial charge in [0.25, 0.3) is 0 Å². The molecule has 0 radical (unpaired) electrons. The number of likely N-dealkylation sites (tertiary alicyclic amines) is 1. The molecule has 2 fully saturated rings. The summed E-state index contributed by atoms with van der Waals surface area (Å²) in [6, 6.07) is 11.9. The van der Waals surface area contributed by atoms with Crippen molar-refractivity contribution >= 4 is 0 Å². The monoisotopic (exact) mass is 272 g/mol. The highest BCUT2D eigenvalue weighted by Gasteiger charge is 2.33. The van der Waals surface area contributed by atoms with Crippen LogP contribution >= 0.6 is 0 Å². The van der Waals surface area contributed by atoms with Crippen LogP contribution in [0, 0.1) is 5.92 Å². The summed E-state index contributed by atoms with van der Waals surface area (Å²) in [4.78, 5) is 2.76. The van der Waals surface area contributed by atoms with Gasteiger partial charge >= 0.3 is 0 Å². The molecule has 1 aliphatic carbocycles. The smallest absolute Gasteiger partial charge is 0.0164 e. The van der Waals surface area contributed by atoms with Crippen LogP contribution in [-0.2, 0) is 0 Å².